The third-order valence-electron chi connectivity index (χ3n) is 5.71. The van der Waals surface area contributed by atoms with Gasteiger partial charge < -0.3 is 24.4 Å². The summed E-state index contributed by atoms with van der Waals surface area (Å²) in [7, 11) is 0. The van der Waals surface area contributed by atoms with E-state index in [1.54, 1.807) is 47.4 Å². The van der Waals surface area contributed by atoms with Crippen LogP contribution in [0.2, 0.25) is 5.02 Å². The number of hydrazone groups is 1. The summed E-state index contributed by atoms with van der Waals surface area (Å²) in [4.78, 5) is 39.4. The topological polar surface area (TPSA) is 119 Å². The highest BCUT2D eigenvalue weighted by molar-refractivity contribution is 6.30. The number of carbonyl (C=O) groups excluding carboxylic acids is 3. The Morgan fingerprint density at radius 3 is 2.45 bits per heavy atom. The smallest absolute Gasteiger partial charge is 0.262 e. The minimum atomic E-state index is -0.797. The van der Waals surface area contributed by atoms with Gasteiger partial charge in [-0.25, -0.2) is 5.43 Å². The second-order valence-corrected chi connectivity index (χ2v) is 9.29. The van der Waals surface area contributed by atoms with Crippen molar-refractivity contribution in [3.8, 4) is 11.5 Å². The van der Waals surface area contributed by atoms with Gasteiger partial charge >= 0.3 is 0 Å². The van der Waals surface area contributed by atoms with E-state index in [0.717, 1.165) is 0 Å². The molecule has 0 spiro atoms. The monoisotopic (exact) mass is 544 g/mol. The van der Waals surface area contributed by atoms with Gasteiger partial charge in [-0.15, -0.1) is 0 Å². The summed E-state index contributed by atoms with van der Waals surface area (Å²) >= 11 is 5.88. The SMILES string of the molecule is CCOc1cc(/C=N/NC(=O)C(NC(=O)c2ccc(Cl)cc2)C(C)C)ccc1OCC(=O)N1CCOCC1. The van der Waals surface area contributed by atoms with Crippen LogP contribution in [-0.2, 0) is 14.3 Å². The predicted molar refractivity (Wildman–Crippen MR) is 144 cm³/mol. The largest absolute Gasteiger partial charge is 0.490 e. The van der Waals surface area contributed by atoms with Gasteiger partial charge in [0.25, 0.3) is 17.7 Å². The van der Waals surface area contributed by atoms with Crippen molar-refractivity contribution in [3.63, 3.8) is 0 Å². The number of ether oxygens (including phenoxy) is 3. The van der Waals surface area contributed by atoms with Gasteiger partial charge in [-0.3, -0.25) is 14.4 Å². The van der Waals surface area contributed by atoms with Crippen LogP contribution in [-0.4, -0.2) is 74.4 Å². The van der Waals surface area contributed by atoms with E-state index in [0.29, 0.717) is 60.6 Å². The lowest BCUT2D eigenvalue weighted by atomic mass is 10.0. The number of nitrogens with zero attached hydrogens (tertiary/aromatic N) is 2. The summed E-state index contributed by atoms with van der Waals surface area (Å²) in [5.74, 6) is -0.254. The Bertz CT molecular complexity index is 1130. The molecular formula is C27H33ClN4O6. The molecule has 1 atom stereocenters. The minimum Gasteiger partial charge on any atom is -0.490 e. The highest BCUT2D eigenvalue weighted by atomic mass is 35.5. The van der Waals surface area contributed by atoms with E-state index in [1.807, 2.05) is 20.8 Å². The Kier molecular flexibility index (Phi) is 10.9. The second kappa shape index (κ2) is 14.3. The molecule has 0 radical (unpaired) electrons. The zero-order chi connectivity index (χ0) is 27.5. The summed E-state index contributed by atoms with van der Waals surface area (Å²) in [6, 6.07) is 10.7. The van der Waals surface area contributed by atoms with Crippen LogP contribution in [0.4, 0.5) is 0 Å². The number of hydrogen-bond donors (Lipinski definition) is 2. The second-order valence-electron chi connectivity index (χ2n) is 8.86. The summed E-state index contributed by atoms with van der Waals surface area (Å²) in [5.41, 5.74) is 3.53. The lowest BCUT2D eigenvalue weighted by Gasteiger charge is -2.26. The molecule has 0 aromatic heterocycles. The maximum Gasteiger partial charge on any atom is 0.262 e. The molecule has 3 amide bonds. The lowest BCUT2D eigenvalue weighted by molar-refractivity contribution is -0.137. The number of amides is 3. The molecule has 204 valence electrons. The Balaban J connectivity index is 1.59. The average molecular weight is 545 g/mol. The van der Waals surface area contributed by atoms with Crippen molar-refractivity contribution in [1.29, 1.82) is 0 Å². The van der Waals surface area contributed by atoms with Crippen LogP contribution in [0.3, 0.4) is 0 Å². The first kappa shape index (κ1) is 28.9. The third kappa shape index (κ3) is 8.46. The molecular weight excluding hydrogens is 512 g/mol. The zero-order valence-electron chi connectivity index (χ0n) is 21.7. The van der Waals surface area contributed by atoms with Crippen molar-refractivity contribution in [1.82, 2.24) is 15.6 Å². The molecule has 1 aliphatic rings. The van der Waals surface area contributed by atoms with Crippen molar-refractivity contribution in [2.24, 2.45) is 11.0 Å². The molecule has 0 saturated carbocycles. The quantitative estimate of drug-likeness (QED) is 0.332. The highest BCUT2D eigenvalue weighted by Gasteiger charge is 2.24. The number of morpholine rings is 1. The van der Waals surface area contributed by atoms with E-state index >= 15 is 0 Å². The molecule has 1 unspecified atom stereocenters. The summed E-state index contributed by atoms with van der Waals surface area (Å²) in [5, 5.41) is 7.30. The number of benzene rings is 2. The fraction of sp³-hybridized carbons (Fsp3) is 0.407. The van der Waals surface area contributed by atoms with Gasteiger partial charge in [-0.2, -0.15) is 5.10 Å². The molecule has 2 aromatic rings. The van der Waals surface area contributed by atoms with E-state index < -0.39 is 11.9 Å². The number of nitrogens with one attached hydrogen (secondary N) is 2. The van der Waals surface area contributed by atoms with Crippen LogP contribution < -0.4 is 20.2 Å². The van der Waals surface area contributed by atoms with Gasteiger partial charge in [0.15, 0.2) is 18.1 Å². The summed E-state index contributed by atoms with van der Waals surface area (Å²) in [6.45, 7) is 7.92. The van der Waals surface area contributed by atoms with Gasteiger partial charge in [-0.05, 0) is 60.9 Å². The first-order valence-electron chi connectivity index (χ1n) is 12.4. The molecule has 2 N–H and O–H groups in total. The number of halogens is 1. The van der Waals surface area contributed by atoms with Crippen LogP contribution in [0, 0.1) is 5.92 Å². The summed E-state index contributed by atoms with van der Waals surface area (Å²) < 4.78 is 16.7. The average Bonchev–Trinajstić information content (AvgIpc) is 2.91. The van der Waals surface area contributed by atoms with Crippen molar-refractivity contribution in [2.75, 3.05) is 39.5 Å². The van der Waals surface area contributed by atoms with Crippen molar-refractivity contribution in [3.05, 3.63) is 58.6 Å². The molecule has 38 heavy (non-hydrogen) atoms. The highest BCUT2D eigenvalue weighted by Crippen LogP contribution is 2.28. The Labute approximate surface area is 227 Å². The number of carbonyl (C=O) groups is 3. The van der Waals surface area contributed by atoms with Gasteiger partial charge in [-0.1, -0.05) is 25.4 Å². The van der Waals surface area contributed by atoms with E-state index in [-0.39, 0.29) is 24.3 Å². The number of rotatable bonds is 11. The molecule has 3 rings (SSSR count). The molecule has 1 aliphatic heterocycles. The van der Waals surface area contributed by atoms with Crippen LogP contribution in [0.25, 0.3) is 0 Å². The molecule has 0 aliphatic carbocycles. The molecule has 2 aromatic carbocycles. The first-order valence-corrected chi connectivity index (χ1v) is 12.8. The first-order chi connectivity index (χ1) is 18.3. The van der Waals surface area contributed by atoms with Gasteiger partial charge in [0, 0.05) is 23.7 Å². The minimum absolute atomic E-state index is 0.109. The van der Waals surface area contributed by atoms with E-state index in [4.69, 9.17) is 25.8 Å². The van der Waals surface area contributed by atoms with Crippen LogP contribution in [0.5, 0.6) is 11.5 Å². The van der Waals surface area contributed by atoms with Crippen molar-refractivity contribution in [2.45, 2.75) is 26.8 Å². The lowest BCUT2D eigenvalue weighted by Crippen LogP contribution is -2.48. The van der Waals surface area contributed by atoms with E-state index in [9.17, 15) is 14.4 Å². The van der Waals surface area contributed by atoms with Crippen molar-refractivity contribution >= 4 is 35.5 Å². The van der Waals surface area contributed by atoms with Gasteiger partial charge in [0.2, 0.25) is 0 Å². The predicted octanol–water partition coefficient (Wildman–Crippen LogP) is 2.88. The summed E-state index contributed by atoms with van der Waals surface area (Å²) in [6.07, 6.45) is 1.46. The molecule has 10 nitrogen and oxygen atoms in total. The van der Waals surface area contributed by atoms with Gasteiger partial charge in [0.1, 0.15) is 6.04 Å². The van der Waals surface area contributed by atoms with E-state index in [1.165, 1.54) is 6.21 Å². The standard InChI is InChI=1S/C27H33ClN4O6/c1-4-37-23-15-19(5-10-22(23)38-17-24(33)32-11-13-36-14-12-32)16-29-31-27(35)25(18(2)3)30-26(34)20-6-8-21(28)9-7-20/h5-10,15-16,18,25H,4,11-14,17H2,1-3H3,(H,30,34)(H,31,35)/b29-16+. The van der Waals surface area contributed by atoms with Crippen molar-refractivity contribution < 1.29 is 28.6 Å². The molecule has 1 heterocycles. The normalized spacial score (nSPS) is 14.3. The van der Waals surface area contributed by atoms with Crippen LogP contribution >= 0.6 is 11.6 Å². The Morgan fingerprint density at radius 1 is 1.08 bits per heavy atom. The molecule has 11 heteroatoms. The van der Waals surface area contributed by atoms with Gasteiger partial charge in [0.05, 0.1) is 26.0 Å². The van der Waals surface area contributed by atoms with Crippen LogP contribution in [0.1, 0.15) is 36.7 Å². The fourth-order valence-corrected chi connectivity index (χ4v) is 3.76. The third-order valence-corrected chi connectivity index (χ3v) is 5.97. The Morgan fingerprint density at radius 2 is 1.79 bits per heavy atom. The maximum absolute atomic E-state index is 12.7. The molecule has 1 fully saturated rings. The fourth-order valence-electron chi connectivity index (χ4n) is 3.64. The Hall–Kier alpha value is -3.63. The number of hydrogen-bond acceptors (Lipinski definition) is 7. The molecule has 0 bridgehead atoms. The zero-order valence-corrected chi connectivity index (χ0v) is 22.5. The van der Waals surface area contributed by atoms with E-state index in [2.05, 4.69) is 15.8 Å². The van der Waals surface area contributed by atoms with Crippen LogP contribution in [0.15, 0.2) is 47.6 Å². The molecule has 1 saturated heterocycles. The maximum atomic E-state index is 12.7.